The minimum Gasteiger partial charge on any atom is -0.355 e. The summed E-state index contributed by atoms with van der Waals surface area (Å²) in [4.78, 5) is 20.5. The minimum absolute atomic E-state index is 0.00866. The van der Waals surface area contributed by atoms with E-state index < -0.39 is 21.8 Å². The lowest BCUT2D eigenvalue weighted by atomic mass is 10.1. The Morgan fingerprint density at radius 2 is 1.84 bits per heavy atom. The number of aromatic nitrogens is 1. The fourth-order valence-electron chi connectivity index (χ4n) is 3.38. The van der Waals surface area contributed by atoms with E-state index in [1.165, 1.54) is 25.2 Å². The molecule has 31 heavy (non-hydrogen) atoms. The van der Waals surface area contributed by atoms with Gasteiger partial charge in [-0.25, -0.2) is 18.1 Å². The van der Waals surface area contributed by atoms with Gasteiger partial charge in [-0.1, -0.05) is 6.07 Å². The lowest BCUT2D eigenvalue weighted by Crippen LogP contribution is -2.36. The Morgan fingerprint density at radius 3 is 2.45 bits per heavy atom. The lowest BCUT2D eigenvalue weighted by Gasteiger charge is -2.23. The van der Waals surface area contributed by atoms with Crippen LogP contribution in [0.1, 0.15) is 27.9 Å². The number of rotatable bonds is 4. The number of pyridine rings is 1. The van der Waals surface area contributed by atoms with Crippen LogP contribution in [0.3, 0.4) is 0 Å². The van der Waals surface area contributed by atoms with Crippen LogP contribution in [0.15, 0.2) is 41.4 Å². The third kappa shape index (κ3) is 5.16. The zero-order valence-corrected chi connectivity index (χ0v) is 17.9. The average molecular weight is 456 g/mol. The van der Waals surface area contributed by atoms with E-state index in [9.17, 15) is 26.4 Å². The van der Waals surface area contributed by atoms with Crippen LogP contribution in [0.25, 0.3) is 0 Å². The van der Waals surface area contributed by atoms with E-state index in [-0.39, 0.29) is 10.8 Å². The van der Waals surface area contributed by atoms with Crippen molar-refractivity contribution in [2.45, 2.75) is 24.4 Å². The normalized spacial score (nSPS) is 15.6. The second kappa shape index (κ2) is 8.83. The number of carbonyl (C=O) groups excluding carboxylic acids is 1. The molecule has 1 amide bonds. The van der Waals surface area contributed by atoms with Gasteiger partial charge in [0.05, 0.1) is 10.5 Å². The summed E-state index contributed by atoms with van der Waals surface area (Å²) in [6.45, 7) is 3.45. The minimum atomic E-state index is -4.44. The number of halogens is 3. The Kier molecular flexibility index (Phi) is 6.56. The van der Waals surface area contributed by atoms with Gasteiger partial charge in [-0.3, -0.25) is 4.79 Å². The summed E-state index contributed by atoms with van der Waals surface area (Å²) in [7, 11) is -2.38. The molecule has 7 nitrogen and oxygen atoms in total. The molecule has 0 radical (unpaired) electrons. The van der Waals surface area contributed by atoms with Crippen LogP contribution in [-0.2, 0) is 16.2 Å². The van der Waals surface area contributed by atoms with E-state index in [1.54, 1.807) is 17.9 Å². The van der Waals surface area contributed by atoms with Gasteiger partial charge in [-0.15, -0.1) is 0 Å². The molecule has 0 aliphatic carbocycles. The van der Waals surface area contributed by atoms with E-state index in [0.29, 0.717) is 49.5 Å². The predicted molar refractivity (Wildman–Crippen MR) is 109 cm³/mol. The van der Waals surface area contributed by atoms with E-state index in [1.807, 2.05) is 4.90 Å². The fraction of sp³-hybridized carbons (Fsp3) is 0.400. The number of nitrogens with zero attached hydrogens (tertiary/aromatic N) is 3. The number of sulfonamides is 1. The molecule has 0 spiro atoms. The highest BCUT2D eigenvalue weighted by Gasteiger charge is 2.31. The number of alkyl halides is 3. The van der Waals surface area contributed by atoms with Gasteiger partial charge in [0.15, 0.2) is 0 Å². The molecule has 1 aliphatic heterocycles. The first kappa shape index (κ1) is 23.0. The number of hydrogen-bond donors (Lipinski definition) is 1. The second-order valence-corrected chi connectivity index (χ2v) is 9.11. The van der Waals surface area contributed by atoms with Gasteiger partial charge in [-0.05, 0) is 50.2 Å². The zero-order chi connectivity index (χ0) is 22.8. The van der Waals surface area contributed by atoms with Gasteiger partial charge < -0.3 is 9.80 Å². The predicted octanol–water partition coefficient (Wildman–Crippen LogP) is 2.67. The van der Waals surface area contributed by atoms with E-state index in [4.69, 9.17) is 0 Å². The van der Waals surface area contributed by atoms with Crippen LogP contribution < -0.4 is 9.62 Å². The molecule has 0 unspecified atom stereocenters. The molecular weight excluding hydrogens is 433 g/mol. The molecule has 1 saturated heterocycles. The third-order valence-corrected chi connectivity index (χ3v) is 6.61. The number of anilines is 1. The van der Waals surface area contributed by atoms with Gasteiger partial charge in [0.25, 0.3) is 5.91 Å². The summed E-state index contributed by atoms with van der Waals surface area (Å²) in [5.41, 5.74) is 0.151. The fourth-order valence-corrected chi connectivity index (χ4v) is 4.13. The summed E-state index contributed by atoms with van der Waals surface area (Å²) in [6.07, 6.45) is -3.04. The largest absolute Gasteiger partial charge is 0.417 e. The van der Waals surface area contributed by atoms with Crippen molar-refractivity contribution in [3.05, 3.63) is 53.2 Å². The first-order chi connectivity index (χ1) is 14.5. The summed E-state index contributed by atoms with van der Waals surface area (Å²) < 4.78 is 64.6. The van der Waals surface area contributed by atoms with Crippen LogP contribution >= 0.6 is 0 Å². The Bertz CT molecular complexity index is 1060. The first-order valence-corrected chi connectivity index (χ1v) is 11.1. The molecule has 1 N–H and O–H groups in total. The Balaban J connectivity index is 1.75. The van der Waals surface area contributed by atoms with Crippen molar-refractivity contribution < 1.29 is 26.4 Å². The molecule has 3 rings (SSSR count). The molecule has 1 aliphatic rings. The van der Waals surface area contributed by atoms with Gasteiger partial charge in [-0.2, -0.15) is 13.2 Å². The molecule has 0 bridgehead atoms. The quantitative estimate of drug-likeness (QED) is 0.765. The van der Waals surface area contributed by atoms with Crippen LogP contribution in [0.4, 0.5) is 19.0 Å². The van der Waals surface area contributed by atoms with Gasteiger partial charge in [0, 0.05) is 37.9 Å². The molecule has 2 aromatic rings. The zero-order valence-electron chi connectivity index (χ0n) is 17.1. The number of nitrogens with one attached hydrogen (secondary N) is 1. The van der Waals surface area contributed by atoms with Crippen LogP contribution in [0.5, 0.6) is 0 Å². The van der Waals surface area contributed by atoms with Crippen molar-refractivity contribution in [2.75, 3.05) is 38.1 Å². The van der Waals surface area contributed by atoms with E-state index in [2.05, 4.69) is 9.71 Å². The standard InChI is InChI=1S/C20H23F3N4O3S/c1-14-4-6-16(31(29,30)24-2)12-17(14)19(28)27-9-3-8-26(10-11-27)18-7-5-15(13-25-18)20(21,22)23/h4-7,12-13,24H,3,8-11H2,1-2H3. The van der Waals surface area contributed by atoms with Crippen molar-refractivity contribution >= 4 is 21.7 Å². The van der Waals surface area contributed by atoms with Gasteiger partial charge >= 0.3 is 6.18 Å². The van der Waals surface area contributed by atoms with E-state index in [0.717, 1.165) is 12.3 Å². The molecule has 1 fully saturated rings. The van der Waals surface area contributed by atoms with Crippen molar-refractivity contribution in [2.24, 2.45) is 0 Å². The summed E-state index contributed by atoms with van der Waals surface area (Å²) in [5, 5.41) is 0. The number of benzene rings is 1. The molecule has 0 saturated carbocycles. The highest BCUT2D eigenvalue weighted by molar-refractivity contribution is 7.89. The molecule has 1 aromatic carbocycles. The summed E-state index contributed by atoms with van der Waals surface area (Å²) in [5.74, 6) is 0.133. The van der Waals surface area contributed by atoms with Crippen molar-refractivity contribution in [1.82, 2.24) is 14.6 Å². The molecule has 168 valence electrons. The SMILES string of the molecule is CNS(=O)(=O)c1ccc(C)c(C(=O)N2CCCN(c3ccc(C(F)(F)F)cn3)CC2)c1. The maximum Gasteiger partial charge on any atom is 0.417 e. The van der Waals surface area contributed by atoms with Crippen molar-refractivity contribution in [1.29, 1.82) is 0 Å². The smallest absolute Gasteiger partial charge is 0.355 e. The average Bonchev–Trinajstić information content (AvgIpc) is 2.99. The molecule has 2 heterocycles. The number of hydrogen-bond acceptors (Lipinski definition) is 5. The number of amides is 1. The maximum atomic E-state index is 13.1. The monoisotopic (exact) mass is 456 g/mol. The number of aryl methyl sites for hydroxylation is 1. The highest BCUT2D eigenvalue weighted by Crippen LogP contribution is 2.29. The van der Waals surface area contributed by atoms with E-state index >= 15 is 0 Å². The van der Waals surface area contributed by atoms with Crippen molar-refractivity contribution in [3.8, 4) is 0 Å². The topological polar surface area (TPSA) is 82.6 Å². The van der Waals surface area contributed by atoms with Gasteiger partial charge in [0.2, 0.25) is 10.0 Å². The Labute approximate surface area is 178 Å². The number of carbonyl (C=O) groups is 1. The van der Waals surface area contributed by atoms with Crippen molar-refractivity contribution in [3.63, 3.8) is 0 Å². The first-order valence-electron chi connectivity index (χ1n) is 9.64. The molecule has 11 heteroatoms. The summed E-state index contributed by atoms with van der Waals surface area (Å²) in [6, 6.07) is 6.72. The highest BCUT2D eigenvalue weighted by atomic mass is 32.2. The third-order valence-electron chi connectivity index (χ3n) is 5.20. The second-order valence-electron chi connectivity index (χ2n) is 7.22. The van der Waals surface area contributed by atoms with Gasteiger partial charge in [0.1, 0.15) is 5.82 Å². The van der Waals surface area contributed by atoms with Crippen LogP contribution in [0.2, 0.25) is 0 Å². The Morgan fingerprint density at radius 1 is 1.10 bits per heavy atom. The molecule has 0 atom stereocenters. The molecular formula is C20H23F3N4O3S. The summed E-state index contributed by atoms with van der Waals surface area (Å²) >= 11 is 0. The molecule has 1 aromatic heterocycles. The van der Waals surface area contributed by atoms with Crippen LogP contribution in [-0.4, -0.2) is 57.4 Å². The lowest BCUT2D eigenvalue weighted by molar-refractivity contribution is -0.137. The van der Waals surface area contributed by atoms with Crippen LogP contribution in [0, 0.1) is 6.92 Å². The maximum absolute atomic E-state index is 13.1. The Hall–Kier alpha value is -2.66.